The number of hydrogen-bond acceptors (Lipinski definition) is 8. The molecule has 1 aromatic carbocycles. The number of rotatable bonds is 7. The maximum absolute atomic E-state index is 14.5. The van der Waals surface area contributed by atoms with E-state index in [9.17, 15) is 14.7 Å². The zero-order valence-electron chi connectivity index (χ0n) is 22.2. The Kier molecular flexibility index (Phi) is 6.94. The quantitative estimate of drug-likeness (QED) is 0.348. The van der Waals surface area contributed by atoms with Crippen LogP contribution in [0.5, 0.6) is 5.75 Å². The number of carbonyl (C=O) groups is 2. The Labute approximate surface area is 230 Å². The molecule has 202 valence electrons. The van der Waals surface area contributed by atoms with Crippen LogP contribution in [0.15, 0.2) is 60.9 Å². The highest BCUT2D eigenvalue weighted by atomic mass is 32.1. The van der Waals surface area contributed by atoms with E-state index in [0.717, 1.165) is 5.56 Å². The zero-order valence-corrected chi connectivity index (χ0v) is 23.0. The van der Waals surface area contributed by atoms with Crippen LogP contribution in [-0.2, 0) is 16.6 Å². The van der Waals surface area contributed by atoms with Crippen molar-refractivity contribution >= 4 is 23.2 Å². The third-order valence-corrected chi connectivity index (χ3v) is 8.10. The van der Waals surface area contributed by atoms with Crippen molar-refractivity contribution in [3.63, 3.8) is 0 Å². The third-order valence-electron chi connectivity index (χ3n) is 7.26. The molecule has 10 nitrogen and oxygen atoms in total. The molecule has 1 aliphatic rings. The Balaban J connectivity index is 1.71. The minimum Gasteiger partial charge on any atom is -0.496 e. The lowest BCUT2D eigenvalue weighted by Crippen LogP contribution is -2.55. The topological polar surface area (TPSA) is 134 Å². The number of aromatic nitrogens is 5. The number of carbonyl (C=O) groups excluding carboxylic acids is 1. The Morgan fingerprint density at radius 2 is 2.00 bits per heavy atom. The molecule has 3 atom stereocenters. The van der Waals surface area contributed by atoms with Crippen LogP contribution in [0.4, 0.5) is 0 Å². The average molecular weight is 547 g/mol. The van der Waals surface area contributed by atoms with Gasteiger partial charge < -0.3 is 19.7 Å². The van der Waals surface area contributed by atoms with Gasteiger partial charge in [-0.3, -0.25) is 14.8 Å². The van der Waals surface area contributed by atoms with Crippen molar-refractivity contribution in [3.8, 4) is 5.75 Å². The summed E-state index contributed by atoms with van der Waals surface area (Å²) >= 11 is 1.38. The number of H-pyrrole nitrogens is 1. The summed E-state index contributed by atoms with van der Waals surface area (Å²) in [6.07, 6.45) is 9.67. The van der Waals surface area contributed by atoms with Crippen LogP contribution in [-0.4, -0.2) is 59.5 Å². The Morgan fingerprint density at radius 3 is 2.59 bits per heavy atom. The van der Waals surface area contributed by atoms with Gasteiger partial charge in [-0.25, -0.2) is 14.8 Å². The van der Waals surface area contributed by atoms with E-state index in [1.165, 1.54) is 22.6 Å². The van der Waals surface area contributed by atoms with Gasteiger partial charge in [-0.05, 0) is 29.5 Å². The third kappa shape index (κ3) is 4.78. The van der Waals surface area contributed by atoms with E-state index in [-0.39, 0.29) is 18.3 Å². The van der Waals surface area contributed by atoms with Crippen LogP contribution < -0.4 is 4.74 Å². The standard InChI is InChI=1S/C28H30N6O4S/c1-27(2,3)20-6-5-17(11-22(20)38-4)25(35)34-23(24-32-9-10-39-24)19(21-15-29-7-8-31-21)13-28(34,26(36)37)12-18-14-30-16-33-18/h5-11,14-16,19,23H,12-13H2,1-4H3,(H,30,33)(H,36,37)/t19-,23-,28+/m1/s1. The van der Waals surface area contributed by atoms with Crippen LogP contribution in [0.2, 0.25) is 0 Å². The number of carboxylic acids is 1. The number of nitrogens with one attached hydrogen (secondary N) is 1. The summed E-state index contributed by atoms with van der Waals surface area (Å²) in [5, 5.41) is 13.3. The number of nitrogens with zero attached hydrogens (tertiary/aromatic N) is 5. The van der Waals surface area contributed by atoms with Gasteiger partial charge in [-0.1, -0.05) is 26.8 Å². The molecule has 1 saturated heterocycles. The van der Waals surface area contributed by atoms with Crippen LogP contribution in [0.25, 0.3) is 0 Å². The van der Waals surface area contributed by atoms with Gasteiger partial charge in [0.1, 0.15) is 16.3 Å². The fourth-order valence-electron chi connectivity index (χ4n) is 5.47. The molecule has 0 radical (unpaired) electrons. The maximum Gasteiger partial charge on any atom is 0.330 e. The van der Waals surface area contributed by atoms with E-state index in [4.69, 9.17) is 4.74 Å². The van der Waals surface area contributed by atoms with Crippen LogP contribution in [0.3, 0.4) is 0 Å². The normalized spacial score (nSPS) is 21.2. The molecule has 11 heteroatoms. The summed E-state index contributed by atoms with van der Waals surface area (Å²) in [7, 11) is 1.57. The number of thiazole rings is 1. The summed E-state index contributed by atoms with van der Waals surface area (Å²) in [5.41, 5.74) is 0.651. The molecule has 0 aliphatic carbocycles. The fraction of sp³-hybridized carbons (Fsp3) is 0.357. The number of likely N-dealkylation sites (tertiary alicyclic amines) is 1. The monoisotopic (exact) mass is 546 g/mol. The molecule has 5 rings (SSSR count). The van der Waals surface area contributed by atoms with Crippen LogP contribution >= 0.6 is 11.3 Å². The predicted molar refractivity (Wildman–Crippen MR) is 145 cm³/mol. The van der Waals surface area contributed by atoms with Gasteiger partial charge in [0.15, 0.2) is 0 Å². The summed E-state index contributed by atoms with van der Waals surface area (Å²) in [6.45, 7) is 6.20. The average Bonchev–Trinajstić information content (AvgIpc) is 3.69. The van der Waals surface area contributed by atoms with Crippen LogP contribution in [0, 0.1) is 0 Å². The second kappa shape index (κ2) is 10.2. The number of aliphatic carboxylic acids is 1. The second-order valence-corrected chi connectivity index (χ2v) is 11.6. The predicted octanol–water partition coefficient (Wildman–Crippen LogP) is 4.40. The Hall–Kier alpha value is -4.12. The van der Waals surface area contributed by atoms with Gasteiger partial charge in [-0.15, -0.1) is 11.3 Å². The van der Waals surface area contributed by atoms with Crippen molar-refractivity contribution in [1.29, 1.82) is 0 Å². The molecule has 0 spiro atoms. The minimum absolute atomic E-state index is 0.0317. The van der Waals surface area contributed by atoms with Crippen molar-refractivity contribution in [2.75, 3.05) is 7.11 Å². The number of methoxy groups -OCH3 is 1. The molecule has 2 N–H and O–H groups in total. The second-order valence-electron chi connectivity index (χ2n) is 10.7. The summed E-state index contributed by atoms with van der Waals surface area (Å²) in [5.74, 6) is -1.43. The van der Waals surface area contributed by atoms with Gasteiger partial charge in [-0.2, -0.15) is 0 Å². The van der Waals surface area contributed by atoms with Gasteiger partial charge in [0, 0.05) is 60.0 Å². The summed E-state index contributed by atoms with van der Waals surface area (Å²) in [4.78, 5) is 49.7. The van der Waals surface area contributed by atoms with E-state index in [0.29, 0.717) is 27.7 Å². The van der Waals surface area contributed by atoms with E-state index in [2.05, 4.69) is 45.7 Å². The van der Waals surface area contributed by atoms with E-state index < -0.39 is 29.4 Å². The SMILES string of the molecule is COc1cc(C(=O)N2[C@@H](c3nccs3)[C@@H](c3cnccn3)C[C@@]2(Cc2cnc[nH]2)C(=O)O)ccc1C(C)(C)C. The van der Waals surface area contributed by atoms with Gasteiger partial charge in [0.2, 0.25) is 0 Å². The van der Waals surface area contributed by atoms with Crippen LogP contribution in [0.1, 0.15) is 71.5 Å². The number of ether oxygens (including phenoxy) is 1. The first kappa shape index (κ1) is 26.5. The molecule has 0 bridgehead atoms. The van der Waals surface area contributed by atoms with Crippen molar-refractivity contribution in [2.45, 2.75) is 56.5 Å². The largest absolute Gasteiger partial charge is 0.496 e. The Bertz CT molecular complexity index is 1450. The molecular weight excluding hydrogens is 516 g/mol. The number of hydrogen-bond donors (Lipinski definition) is 2. The lowest BCUT2D eigenvalue weighted by molar-refractivity contribution is -0.149. The lowest BCUT2D eigenvalue weighted by atomic mass is 9.85. The van der Waals surface area contributed by atoms with Crippen molar-refractivity contribution in [3.05, 3.63) is 88.4 Å². The first-order valence-corrected chi connectivity index (χ1v) is 13.4. The number of carboxylic acid groups (broad SMARTS) is 1. The number of benzene rings is 1. The van der Waals surface area contributed by atoms with E-state index in [1.54, 1.807) is 50.2 Å². The van der Waals surface area contributed by atoms with Gasteiger partial charge in [0.05, 0.1) is 25.2 Å². The number of aromatic amines is 1. The fourth-order valence-corrected chi connectivity index (χ4v) is 6.27. The molecule has 39 heavy (non-hydrogen) atoms. The molecule has 4 heterocycles. The molecular formula is C28H30N6O4S. The summed E-state index contributed by atoms with van der Waals surface area (Å²) in [6, 6.07) is 4.63. The van der Waals surface area contributed by atoms with Gasteiger partial charge in [0.25, 0.3) is 5.91 Å². The molecule has 3 aromatic heterocycles. The van der Waals surface area contributed by atoms with Crippen molar-refractivity contribution in [2.24, 2.45) is 0 Å². The smallest absolute Gasteiger partial charge is 0.330 e. The Morgan fingerprint density at radius 1 is 1.18 bits per heavy atom. The molecule has 0 unspecified atom stereocenters. The lowest BCUT2D eigenvalue weighted by Gasteiger charge is -2.37. The maximum atomic E-state index is 14.5. The number of imidazole rings is 1. The zero-order chi connectivity index (χ0) is 27.8. The summed E-state index contributed by atoms with van der Waals surface area (Å²) < 4.78 is 5.67. The van der Waals surface area contributed by atoms with Crippen molar-refractivity contribution in [1.82, 2.24) is 29.8 Å². The molecule has 1 aliphatic heterocycles. The number of amides is 1. The van der Waals surface area contributed by atoms with E-state index in [1.807, 2.05) is 11.4 Å². The highest BCUT2D eigenvalue weighted by Crippen LogP contribution is 2.53. The highest BCUT2D eigenvalue weighted by Gasteiger charge is 2.60. The first-order chi connectivity index (χ1) is 18.7. The molecule has 4 aromatic rings. The van der Waals surface area contributed by atoms with Crippen molar-refractivity contribution < 1.29 is 19.4 Å². The molecule has 0 saturated carbocycles. The molecule has 1 amide bonds. The highest BCUT2D eigenvalue weighted by molar-refractivity contribution is 7.09. The molecule has 1 fully saturated rings. The first-order valence-electron chi connectivity index (χ1n) is 12.5. The van der Waals surface area contributed by atoms with Gasteiger partial charge >= 0.3 is 5.97 Å². The van der Waals surface area contributed by atoms with E-state index >= 15 is 0 Å². The minimum atomic E-state index is -1.61.